The molecule has 1 fully saturated rings. The van der Waals surface area contributed by atoms with Gasteiger partial charge in [0.15, 0.2) is 11.5 Å². The average Bonchev–Trinajstić information content (AvgIpc) is 3.65. The number of aromatic nitrogens is 1. The highest BCUT2D eigenvalue weighted by atomic mass is 16.5. The second kappa shape index (κ2) is 16.4. The molecule has 1 saturated heterocycles. The smallest absolute Gasteiger partial charge is 0.161 e. The number of nitrogens with zero attached hydrogens (tertiary/aromatic N) is 1. The first-order chi connectivity index (χ1) is 27.9. The number of ether oxygens (including phenoxy) is 3. The largest absolute Gasteiger partial charge is 0.504 e. The van der Waals surface area contributed by atoms with E-state index in [4.69, 9.17) is 19.9 Å². The predicted molar refractivity (Wildman–Crippen MR) is 221 cm³/mol. The zero-order chi connectivity index (χ0) is 38.9. The molecule has 5 aliphatic rings. The van der Waals surface area contributed by atoms with Crippen molar-refractivity contribution in [1.29, 1.82) is 0 Å². The lowest BCUT2D eigenvalue weighted by Crippen LogP contribution is -2.47. The summed E-state index contributed by atoms with van der Waals surface area (Å²) in [6.07, 6.45) is 14.0. The van der Waals surface area contributed by atoms with Gasteiger partial charge in [0, 0.05) is 58.9 Å². The number of benzene rings is 3. The third kappa shape index (κ3) is 7.62. The highest BCUT2D eigenvalue weighted by molar-refractivity contribution is 5.88. The zero-order valence-electron chi connectivity index (χ0n) is 32.7. The Morgan fingerprint density at radius 1 is 0.982 bits per heavy atom. The Kier molecular flexibility index (Phi) is 10.9. The number of hydrogen-bond donors (Lipinski definition) is 5. The van der Waals surface area contributed by atoms with Gasteiger partial charge in [0.1, 0.15) is 12.4 Å². The molecule has 6 N–H and O–H groups in total. The van der Waals surface area contributed by atoms with E-state index >= 15 is 0 Å². The van der Waals surface area contributed by atoms with E-state index in [2.05, 4.69) is 70.5 Å². The maximum absolute atomic E-state index is 11.4. The molecule has 9 heteroatoms. The lowest BCUT2D eigenvalue weighted by atomic mass is 9.57. The highest BCUT2D eigenvalue weighted by Gasteiger charge is 2.47. The highest BCUT2D eigenvalue weighted by Crippen LogP contribution is 2.52. The third-order valence-electron chi connectivity index (χ3n) is 13.2. The predicted octanol–water partition coefficient (Wildman–Crippen LogP) is 6.84. The van der Waals surface area contributed by atoms with Gasteiger partial charge in [0.05, 0.1) is 31.6 Å². The summed E-state index contributed by atoms with van der Waals surface area (Å²) in [6, 6.07) is 19.2. The minimum absolute atomic E-state index is 0.0925. The van der Waals surface area contributed by atoms with Gasteiger partial charge in [-0.1, -0.05) is 48.2 Å². The van der Waals surface area contributed by atoms with Crippen molar-refractivity contribution in [2.24, 2.45) is 17.6 Å². The fraction of sp³-hybridized carbons (Fsp3) is 0.458. The molecule has 6 atom stereocenters. The molecule has 6 unspecified atom stereocenters. The van der Waals surface area contributed by atoms with Gasteiger partial charge in [-0.25, -0.2) is 0 Å². The molecule has 0 saturated carbocycles. The molecule has 5 heterocycles. The van der Waals surface area contributed by atoms with Crippen molar-refractivity contribution < 1.29 is 29.5 Å². The Bertz CT molecular complexity index is 2250. The van der Waals surface area contributed by atoms with Gasteiger partial charge in [0.2, 0.25) is 0 Å². The van der Waals surface area contributed by atoms with E-state index < -0.39 is 12.3 Å². The molecule has 57 heavy (non-hydrogen) atoms. The number of aromatic hydroxyl groups is 1. The topological polar surface area (TPSA) is 131 Å². The number of hydrogen-bond acceptors (Lipinski definition) is 8. The number of nitrogens with two attached hydrogens (primary N) is 1. The summed E-state index contributed by atoms with van der Waals surface area (Å²) in [6.45, 7) is 2.13. The summed E-state index contributed by atoms with van der Waals surface area (Å²) >= 11 is 0. The van der Waals surface area contributed by atoms with Gasteiger partial charge in [-0.15, -0.1) is 0 Å². The van der Waals surface area contributed by atoms with E-state index in [1.54, 1.807) is 6.07 Å². The van der Waals surface area contributed by atoms with Crippen LogP contribution in [0.5, 0.6) is 11.5 Å². The number of aryl methyl sites for hydroxylation is 2. The Labute approximate surface area is 335 Å². The molecule has 298 valence electrons. The lowest BCUT2D eigenvalue weighted by Gasteiger charge is -2.49. The fourth-order valence-electron chi connectivity index (χ4n) is 10.2. The van der Waals surface area contributed by atoms with Crippen LogP contribution in [0.1, 0.15) is 85.6 Å². The number of rotatable bonds is 4. The maximum atomic E-state index is 11.4. The Morgan fingerprint density at radius 3 is 2.81 bits per heavy atom. The fourth-order valence-corrected chi connectivity index (χ4v) is 10.2. The molecule has 9 nitrogen and oxygen atoms in total. The molecule has 4 aromatic rings. The number of aliphatic hydroxyl groups is 2. The SMILES string of the molecule is NC1C=C2C#CC(CCCO)CCCC3CC(O)CCc4ccc(O)c(c4)OCc4cc(C56CCOCC5CCc5ccccc56)cc5cn(cc45)C(=C2CO3)N1. The van der Waals surface area contributed by atoms with Crippen molar-refractivity contribution in [2.45, 2.75) is 101 Å². The molecule has 1 aliphatic carbocycles. The van der Waals surface area contributed by atoms with Crippen LogP contribution in [0.15, 0.2) is 84.2 Å². The average molecular weight is 770 g/mol. The summed E-state index contributed by atoms with van der Waals surface area (Å²) in [4.78, 5) is 0. The minimum atomic E-state index is -0.569. The molecular formula is C48H55N3O6. The van der Waals surface area contributed by atoms with Gasteiger partial charge in [-0.3, -0.25) is 0 Å². The number of dihydropyridines is 1. The van der Waals surface area contributed by atoms with Crippen LogP contribution in [0.3, 0.4) is 0 Å². The van der Waals surface area contributed by atoms with Crippen LogP contribution in [-0.4, -0.2) is 64.7 Å². The molecular weight excluding hydrogens is 715 g/mol. The zero-order valence-corrected chi connectivity index (χ0v) is 32.7. The molecule has 0 spiro atoms. The molecule has 0 amide bonds. The number of nitrogens with one attached hydrogen (secondary N) is 1. The van der Waals surface area contributed by atoms with Crippen molar-refractivity contribution in [1.82, 2.24) is 9.88 Å². The third-order valence-corrected chi connectivity index (χ3v) is 13.2. The maximum Gasteiger partial charge on any atom is 0.161 e. The van der Waals surface area contributed by atoms with Crippen molar-refractivity contribution in [3.63, 3.8) is 0 Å². The second-order valence-electron chi connectivity index (χ2n) is 16.8. The number of phenols is 1. The Morgan fingerprint density at radius 2 is 1.89 bits per heavy atom. The number of aliphatic hydroxyl groups excluding tert-OH is 2. The van der Waals surface area contributed by atoms with Gasteiger partial charge in [-0.2, -0.15) is 0 Å². The van der Waals surface area contributed by atoms with E-state index in [0.29, 0.717) is 50.6 Å². The Hall–Kier alpha value is -4.56. The van der Waals surface area contributed by atoms with Crippen LogP contribution < -0.4 is 15.8 Å². The van der Waals surface area contributed by atoms with Crippen LogP contribution in [0.25, 0.3) is 16.6 Å². The lowest BCUT2D eigenvalue weighted by molar-refractivity contribution is 0.00498. The van der Waals surface area contributed by atoms with E-state index in [9.17, 15) is 15.3 Å². The molecule has 4 aliphatic heterocycles. The molecule has 9 rings (SSSR count). The minimum Gasteiger partial charge on any atom is -0.504 e. The van der Waals surface area contributed by atoms with E-state index in [-0.39, 0.29) is 36.4 Å². The molecule has 1 aromatic heterocycles. The summed E-state index contributed by atoms with van der Waals surface area (Å²) in [7, 11) is 0. The first kappa shape index (κ1) is 38.0. The summed E-state index contributed by atoms with van der Waals surface area (Å²) in [5.74, 6) is 8.90. The summed E-state index contributed by atoms with van der Waals surface area (Å²) in [5, 5.41) is 37.7. The number of fused-ring (bicyclic) bond motifs is 9. The molecule has 6 bridgehead atoms. The summed E-state index contributed by atoms with van der Waals surface area (Å²) in [5.41, 5.74) is 14.4. The Balaban J connectivity index is 1.23. The van der Waals surface area contributed by atoms with Gasteiger partial charge >= 0.3 is 0 Å². The number of phenolic OH excluding ortho intramolecular Hbond substituents is 1. The van der Waals surface area contributed by atoms with Gasteiger partial charge in [-0.05, 0) is 129 Å². The summed E-state index contributed by atoms with van der Waals surface area (Å²) < 4.78 is 21.6. The van der Waals surface area contributed by atoms with Crippen molar-refractivity contribution >= 4 is 16.6 Å². The van der Waals surface area contributed by atoms with E-state index in [0.717, 1.165) is 90.4 Å². The first-order valence-electron chi connectivity index (χ1n) is 21.0. The first-order valence-corrected chi connectivity index (χ1v) is 21.0. The van der Waals surface area contributed by atoms with Crippen molar-refractivity contribution in [3.8, 4) is 23.3 Å². The molecule has 0 radical (unpaired) electrons. The van der Waals surface area contributed by atoms with Crippen molar-refractivity contribution in [2.75, 3.05) is 26.4 Å². The van der Waals surface area contributed by atoms with E-state index in [1.807, 2.05) is 18.2 Å². The van der Waals surface area contributed by atoms with Crippen LogP contribution in [-0.2, 0) is 34.3 Å². The van der Waals surface area contributed by atoms with Crippen LogP contribution in [0, 0.1) is 23.7 Å². The van der Waals surface area contributed by atoms with Gasteiger partial charge in [0.25, 0.3) is 0 Å². The molecule has 3 aromatic carbocycles. The quantitative estimate of drug-likeness (QED) is 0.143. The van der Waals surface area contributed by atoms with Crippen LogP contribution in [0.4, 0.5) is 0 Å². The van der Waals surface area contributed by atoms with Crippen LogP contribution in [0.2, 0.25) is 0 Å². The van der Waals surface area contributed by atoms with E-state index in [1.165, 1.54) is 16.7 Å². The van der Waals surface area contributed by atoms with Crippen molar-refractivity contribution in [3.05, 3.63) is 112 Å². The second-order valence-corrected chi connectivity index (χ2v) is 16.8. The van der Waals surface area contributed by atoms with Crippen LogP contribution >= 0.6 is 0 Å². The normalized spacial score (nSPS) is 27.7. The monoisotopic (exact) mass is 769 g/mol. The van der Waals surface area contributed by atoms with Gasteiger partial charge < -0.3 is 45.1 Å². The standard InChI is InChI=1S/C48H55N3O6/c49-46-24-34-13-10-31(6-4-19-52)5-3-8-40-25-39(53)16-11-32-12-17-44(54)45(21-32)57-28-36-23-38(22-35-26-51(27-41(35)36)47(50-46)42(34)30-56-40)48-18-20-55-29-37(48)15-14-33-7-1-2-9-43(33)48/h1-2,7,9,12,17,21-24,26-27,31,37,39-40,46,50,52-54H,3-6,8,11,14-16,18-20,25,28-30,49H2.